The summed E-state index contributed by atoms with van der Waals surface area (Å²) in [4.78, 5) is 2.34. The van der Waals surface area contributed by atoms with Crippen LogP contribution in [0.15, 0.2) is 30.3 Å². The molecule has 3 fully saturated rings. The van der Waals surface area contributed by atoms with Crippen LogP contribution in [0.3, 0.4) is 0 Å². The van der Waals surface area contributed by atoms with E-state index in [0.717, 1.165) is 19.6 Å². The van der Waals surface area contributed by atoms with Gasteiger partial charge in [0.1, 0.15) is 18.3 Å². The second-order valence-corrected chi connectivity index (χ2v) is 7.31. The van der Waals surface area contributed by atoms with Crippen LogP contribution >= 0.6 is 0 Å². The normalized spacial score (nSPS) is 39.0. The number of benzene rings is 1. The summed E-state index contributed by atoms with van der Waals surface area (Å²) in [7, 11) is 0. The third-order valence-corrected chi connectivity index (χ3v) is 5.01. The molecule has 0 saturated carbocycles. The number of hydrogen-bond donors (Lipinski definition) is 2. The molecule has 2 unspecified atom stereocenters. The average molecular weight is 334 g/mol. The van der Waals surface area contributed by atoms with E-state index in [1.165, 1.54) is 5.56 Å². The number of hydrogen-bond acceptors (Lipinski definition) is 6. The predicted octanol–water partition coefficient (Wildman–Crippen LogP) is 0.870. The average Bonchev–Trinajstić information content (AvgIpc) is 3.02. The highest BCUT2D eigenvalue weighted by molar-refractivity contribution is 5.19. The summed E-state index contributed by atoms with van der Waals surface area (Å²) in [5.41, 5.74) is 1.29. The summed E-state index contributed by atoms with van der Waals surface area (Å²) in [5.74, 6) is -0.686. The molecule has 3 aliphatic rings. The van der Waals surface area contributed by atoms with Gasteiger partial charge in [0, 0.05) is 32.2 Å². The molecule has 5 atom stereocenters. The van der Waals surface area contributed by atoms with Crippen LogP contribution in [0.25, 0.3) is 0 Å². The Kier molecular flexibility index (Phi) is 4.36. The molecular weight excluding hydrogens is 308 g/mol. The molecule has 3 saturated heterocycles. The molecule has 24 heavy (non-hydrogen) atoms. The predicted molar refractivity (Wildman–Crippen MR) is 88.3 cm³/mol. The Labute approximate surface area is 142 Å². The van der Waals surface area contributed by atoms with Crippen LogP contribution in [0.1, 0.15) is 25.5 Å². The lowest BCUT2D eigenvalue weighted by molar-refractivity contribution is -0.216. The molecule has 0 aliphatic carbocycles. The Hall–Kier alpha value is -1.02. The van der Waals surface area contributed by atoms with Crippen molar-refractivity contribution in [2.24, 2.45) is 0 Å². The van der Waals surface area contributed by atoms with Gasteiger partial charge in [-0.15, -0.1) is 0 Å². The number of nitrogens with zero attached hydrogens (tertiary/aromatic N) is 1. The summed E-state index contributed by atoms with van der Waals surface area (Å²) >= 11 is 0. The molecule has 3 aliphatic heterocycles. The highest BCUT2D eigenvalue weighted by Crippen LogP contribution is 2.37. The van der Waals surface area contributed by atoms with E-state index in [-0.39, 0.29) is 6.10 Å². The lowest BCUT2D eigenvalue weighted by Crippen LogP contribution is -2.50. The summed E-state index contributed by atoms with van der Waals surface area (Å²) in [5, 5.41) is 14.1. The lowest BCUT2D eigenvalue weighted by atomic mass is 10.0. The van der Waals surface area contributed by atoms with Gasteiger partial charge < -0.3 is 24.6 Å². The number of aliphatic hydroxyl groups excluding tert-OH is 1. The van der Waals surface area contributed by atoms with Crippen molar-refractivity contribution in [1.82, 2.24) is 10.2 Å². The Bertz CT molecular complexity index is 567. The SMILES string of the molecule is CC1(C)OC2[C@H](O[C@H](CN3CCNC(c4ccccc4)C3)[C@H]2O)O1. The number of ether oxygens (including phenoxy) is 3. The van der Waals surface area contributed by atoms with Crippen LogP contribution in [0.4, 0.5) is 0 Å². The molecule has 1 aromatic carbocycles. The second-order valence-electron chi connectivity index (χ2n) is 7.31. The molecule has 0 spiro atoms. The maximum absolute atomic E-state index is 10.5. The Balaban J connectivity index is 1.36. The van der Waals surface area contributed by atoms with Crippen LogP contribution in [-0.2, 0) is 14.2 Å². The fraction of sp³-hybridized carbons (Fsp3) is 0.667. The van der Waals surface area contributed by atoms with Crippen molar-refractivity contribution in [3.8, 4) is 0 Å². The van der Waals surface area contributed by atoms with Crippen LogP contribution in [0.5, 0.6) is 0 Å². The van der Waals surface area contributed by atoms with Gasteiger partial charge in [-0.1, -0.05) is 30.3 Å². The summed E-state index contributed by atoms with van der Waals surface area (Å²) in [6.45, 7) is 7.15. The number of aliphatic hydroxyl groups is 1. The molecule has 6 heteroatoms. The third-order valence-electron chi connectivity index (χ3n) is 5.01. The van der Waals surface area contributed by atoms with Crippen molar-refractivity contribution in [3.63, 3.8) is 0 Å². The first-order chi connectivity index (χ1) is 11.5. The van der Waals surface area contributed by atoms with Crippen molar-refractivity contribution in [3.05, 3.63) is 35.9 Å². The highest BCUT2D eigenvalue weighted by Gasteiger charge is 2.54. The smallest absolute Gasteiger partial charge is 0.190 e. The molecule has 132 valence electrons. The second kappa shape index (κ2) is 6.37. The van der Waals surface area contributed by atoms with E-state index >= 15 is 0 Å². The van der Waals surface area contributed by atoms with Crippen LogP contribution in [0.2, 0.25) is 0 Å². The summed E-state index contributed by atoms with van der Waals surface area (Å²) in [6, 6.07) is 10.8. The first-order valence-electron chi connectivity index (χ1n) is 8.72. The van der Waals surface area contributed by atoms with Gasteiger partial charge in [-0.3, -0.25) is 4.90 Å². The molecule has 4 rings (SSSR count). The van der Waals surface area contributed by atoms with Crippen molar-refractivity contribution in [2.75, 3.05) is 26.2 Å². The maximum Gasteiger partial charge on any atom is 0.190 e. The molecule has 0 radical (unpaired) electrons. The largest absolute Gasteiger partial charge is 0.387 e. The third kappa shape index (κ3) is 3.22. The van der Waals surface area contributed by atoms with Gasteiger partial charge in [-0.05, 0) is 19.4 Å². The molecule has 0 aromatic heterocycles. The molecule has 0 amide bonds. The molecule has 3 heterocycles. The van der Waals surface area contributed by atoms with Gasteiger partial charge in [0.15, 0.2) is 12.1 Å². The summed E-state index contributed by atoms with van der Waals surface area (Å²) in [6.07, 6.45) is -1.78. The zero-order valence-electron chi connectivity index (χ0n) is 14.2. The molecule has 1 aromatic rings. The van der Waals surface area contributed by atoms with Crippen LogP contribution in [-0.4, -0.2) is 66.6 Å². The summed E-state index contributed by atoms with van der Waals surface area (Å²) < 4.78 is 17.4. The van der Waals surface area contributed by atoms with Gasteiger partial charge in [0.25, 0.3) is 0 Å². The number of nitrogens with one attached hydrogen (secondary N) is 1. The van der Waals surface area contributed by atoms with Crippen molar-refractivity contribution >= 4 is 0 Å². The van der Waals surface area contributed by atoms with Crippen LogP contribution < -0.4 is 5.32 Å². The fourth-order valence-corrected chi connectivity index (χ4v) is 3.85. The van der Waals surface area contributed by atoms with E-state index in [0.29, 0.717) is 12.6 Å². The minimum absolute atomic E-state index is 0.273. The molecule has 2 N–H and O–H groups in total. The van der Waals surface area contributed by atoms with Crippen molar-refractivity contribution in [1.29, 1.82) is 0 Å². The van der Waals surface area contributed by atoms with Gasteiger partial charge in [0.2, 0.25) is 0 Å². The zero-order valence-corrected chi connectivity index (χ0v) is 14.2. The van der Waals surface area contributed by atoms with Crippen molar-refractivity contribution in [2.45, 2.75) is 50.3 Å². The zero-order chi connectivity index (χ0) is 16.7. The fourth-order valence-electron chi connectivity index (χ4n) is 3.85. The van der Waals surface area contributed by atoms with Gasteiger partial charge >= 0.3 is 0 Å². The molecular formula is C18H26N2O4. The van der Waals surface area contributed by atoms with E-state index in [9.17, 15) is 5.11 Å². The van der Waals surface area contributed by atoms with E-state index < -0.39 is 24.3 Å². The highest BCUT2D eigenvalue weighted by atomic mass is 16.8. The quantitative estimate of drug-likeness (QED) is 0.855. The van der Waals surface area contributed by atoms with Crippen molar-refractivity contribution < 1.29 is 19.3 Å². The van der Waals surface area contributed by atoms with E-state index in [2.05, 4.69) is 34.5 Å². The Morgan fingerprint density at radius 1 is 1.25 bits per heavy atom. The van der Waals surface area contributed by atoms with E-state index in [1.54, 1.807) is 0 Å². The minimum Gasteiger partial charge on any atom is -0.387 e. The van der Waals surface area contributed by atoms with Gasteiger partial charge in [-0.25, -0.2) is 0 Å². The first-order valence-corrected chi connectivity index (χ1v) is 8.72. The Morgan fingerprint density at radius 2 is 2.04 bits per heavy atom. The number of rotatable bonds is 3. The van der Waals surface area contributed by atoms with Crippen LogP contribution in [0, 0.1) is 0 Å². The number of piperazine rings is 1. The molecule has 0 bridgehead atoms. The molecule has 6 nitrogen and oxygen atoms in total. The monoisotopic (exact) mass is 334 g/mol. The topological polar surface area (TPSA) is 63.2 Å². The van der Waals surface area contributed by atoms with Gasteiger partial charge in [0.05, 0.1) is 0 Å². The first kappa shape index (κ1) is 16.4. The van der Waals surface area contributed by atoms with E-state index in [4.69, 9.17) is 14.2 Å². The number of fused-ring (bicyclic) bond motifs is 1. The van der Waals surface area contributed by atoms with Gasteiger partial charge in [-0.2, -0.15) is 0 Å². The Morgan fingerprint density at radius 3 is 2.79 bits per heavy atom. The van der Waals surface area contributed by atoms with E-state index in [1.807, 2.05) is 19.9 Å². The standard InChI is InChI=1S/C18H26N2O4/c1-18(2)23-16-15(21)14(22-17(16)24-18)11-20-9-8-19-13(10-20)12-6-4-3-5-7-12/h3-7,13-17,19,21H,8-11H2,1-2H3/t13?,14-,15-,16?,17-/m1/s1. The lowest BCUT2D eigenvalue weighted by Gasteiger charge is -2.36. The minimum atomic E-state index is -0.686. The maximum atomic E-state index is 10.5.